The Kier molecular flexibility index (Phi) is 50.7. The monoisotopic (exact) mass is 1050 g/mol. The molecule has 3 atom stereocenters. The number of carbonyl (C=O) groups is 2. The second-order valence-electron chi connectivity index (χ2n) is 20.8. The molecule has 1 amide bonds. The van der Waals surface area contributed by atoms with Crippen molar-refractivity contribution in [1.82, 2.24) is 5.32 Å². The van der Waals surface area contributed by atoms with Crippen molar-refractivity contribution in [2.24, 2.45) is 0 Å². The Balaban J connectivity index is 5.28. The quantitative estimate of drug-likeness (QED) is 0.0156. The minimum Gasteiger partial charge on any atom is -0.456 e. The van der Waals surface area contributed by atoms with Crippen LogP contribution in [-0.4, -0.2) is 74.3 Å². The van der Waals surface area contributed by atoms with Crippen LogP contribution in [0.15, 0.2) is 109 Å². The van der Waals surface area contributed by atoms with Crippen LogP contribution in [0.3, 0.4) is 0 Å². The third kappa shape index (κ3) is 53.5. The zero-order valence-corrected chi connectivity index (χ0v) is 49.2. The molecule has 0 heterocycles. The lowest BCUT2D eigenvalue weighted by Gasteiger charge is -2.27. The van der Waals surface area contributed by atoms with Crippen molar-refractivity contribution < 1.29 is 37.3 Å². The molecule has 3 unspecified atom stereocenters. The summed E-state index contributed by atoms with van der Waals surface area (Å²) in [4.78, 5) is 37.6. The van der Waals surface area contributed by atoms with Crippen LogP contribution in [0.1, 0.15) is 233 Å². The molecule has 9 nitrogen and oxygen atoms in total. The highest BCUT2D eigenvalue weighted by Gasteiger charge is 2.30. The number of rotatable bonds is 52. The second-order valence-corrected chi connectivity index (χ2v) is 22.3. The van der Waals surface area contributed by atoms with Crippen LogP contribution in [0.2, 0.25) is 0 Å². The molecule has 0 saturated carbocycles. The van der Waals surface area contributed by atoms with Gasteiger partial charge < -0.3 is 19.4 Å². The zero-order valence-electron chi connectivity index (χ0n) is 48.3. The summed E-state index contributed by atoms with van der Waals surface area (Å²) in [6.07, 6.45) is 72.3. The molecule has 0 aromatic heterocycles. The molecule has 0 rings (SSSR count). The molecule has 0 aliphatic carbocycles. The summed E-state index contributed by atoms with van der Waals surface area (Å²) in [6.45, 7) is 6.72. The molecule has 0 radical (unpaired) electrons. The molecular formula is C64H112N2O7P+. The molecule has 0 aromatic carbocycles. The summed E-state index contributed by atoms with van der Waals surface area (Å²) < 4.78 is 30.6. The fourth-order valence-electron chi connectivity index (χ4n) is 7.97. The number of unbranched alkanes of at least 4 members (excludes halogenated alkanes) is 22. The Morgan fingerprint density at radius 3 is 1.45 bits per heavy atom. The SMILES string of the molecule is CC/C=C\C/C=C\C/C=C\C/C=C\C/C=C\CCCCCCCCCC(=O)OC(/C=C\CCCCCCCCCCCC)C(COP(=O)(O)OCC[N+](C)(C)C)NC(=O)CCCCCCC\C=C/C=C/C=C/CC. The number of carbonyl (C=O) groups excluding carboxylic acids is 2. The predicted molar refractivity (Wildman–Crippen MR) is 318 cm³/mol. The molecule has 2 N–H and O–H groups in total. The Morgan fingerprint density at radius 2 is 0.932 bits per heavy atom. The van der Waals surface area contributed by atoms with E-state index >= 15 is 0 Å². The topological polar surface area (TPSA) is 111 Å². The molecule has 0 fully saturated rings. The molecule has 74 heavy (non-hydrogen) atoms. The minimum atomic E-state index is -4.46. The van der Waals surface area contributed by atoms with Gasteiger partial charge in [0.25, 0.3) is 0 Å². The number of amides is 1. The lowest BCUT2D eigenvalue weighted by atomic mass is 10.0. The summed E-state index contributed by atoms with van der Waals surface area (Å²) in [6, 6.07) is -0.870. The van der Waals surface area contributed by atoms with Crippen LogP contribution in [0, 0.1) is 0 Å². The van der Waals surface area contributed by atoms with Gasteiger partial charge in [-0.25, -0.2) is 4.57 Å². The molecule has 0 aliphatic rings. The number of ether oxygens (including phenoxy) is 1. The summed E-state index contributed by atoms with van der Waals surface area (Å²) in [5.41, 5.74) is 0. The Labute approximate surface area is 455 Å². The lowest BCUT2D eigenvalue weighted by molar-refractivity contribution is -0.870. The number of phosphoric ester groups is 1. The summed E-state index contributed by atoms with van der Waals surface area (Å²) in [7, 11) is 1.46. The first-order valence-electron chi connectivity index (χ1n) is 29.7. The molecule has 0 bridgehead atoms. The molecule has 10 heteroatoms. The highest BCUT2D eigenvalue weighted by Crippen LogP contribution is 2.43. The van der Waals surface area contributed by atoms with Crippen molar-refractivity contribution in [3.8, 4) is 0 Å². The molecule has 0 aromatic rings. The number of likely N-dealkylation sites (N-methyl/N-ethyl adjacent to an activating group) is 1. The molecule has 0 saturated heterocycles. The molecule has 424 valence electrons. The van der Waals surface area contributed by atoms with E-state index in [1.165, 1.54) is 70.6 Å². The van der Waals surface area contributed by atoms with Gasteiger partial charge in [-0.3, -0.25) is 18.6 Å². The predicted octanol–water partition coefficient (Wildman–Crippen LogP) is 18.2. The van der Waals surface area contributed by atoms with Crippen LogP contribution in [0.5, 0.6) is 0 Å². The molecule has 0 spiro atoms. The van der Waals surface area contributed by atoms with Gasteiger partial charge in [0.1, 0.15) is 19.3 Å². The first-order valence-corrected chi connectivity index (χ1v) is 31.2. The lowest BCUT2D eigenvalue weighted by Crippen LogP contribution is -2.47. The van der Waals surface area contributed by atoms with Crippen LogP contribution in [0.25, 0.3) is 0 Å². The van der Waals surface area contributed by atoms with Crippen LogP contribution >= 0.6 is 7.82 Å². The van der Waals surface area contributed by atoms with Gasteiger partial charge in [0, 0.05) is 12.8 Å². The van der Waals surface area contributed by atoms with E-state index in [9.17, 15) is 19.0 Å². The Bertz CT molecular complexity index is 1640. The first-order chi connectivity index (χ1) is 35.9. The van der Waals surface area contributed by atoms with Gasteiger partial charge in [-0.15, -0.1) is 0 Å². The highest BCUT2D eigenvalue weighted by atomic mass is 31.2. The number of phosphoric acid groups is 1. The van der Waals surface area contributed by atoms with Crippen LogP contribution in [-0.2, 0) is 27.9 Å². The largest absolute Gasteiger partial charge is 0.472 e. The van der Waals surface area contributed by atoms with E-state index in [1.54, 1.807) is 0 Å². The fourth-order valence-corrected chi connectivity index (χ4v) is 8.70. The summed E-state index contributed by atoms with van der Waals surface area (Å²) >= 11 is 0. The van der Waals surface area contributed by atoms with E-state index in [4.69, 9.17) is 13.8 Å². The number of hydrogen-bond donors (Lipinski definition) is 2. The normalized spacial score (nSPS) is 14.5. The van der Waals surface area contributed by atoms with Crippen molar-refractivity contribution >= 4 is 19.7 Å². The Hall–Kier alpha value is -3.33. The minimum absolute atomic E-state index is 0.0283. The van der Waals surface area contributed by atoms with Crippen LogP contribution in [0.4, 0.5) is 0 Å². The summed E-state index contributed by atoms with van der Waals surface area (Å²) in [5, 5.41) is 3.03. The third-order valence-electron chi connectivity index (χ3n) is 12.5. The number of hydrogen-bond acceptors (Lipinski definition) is 6. The van der Waals surface area contributed by atoms with E-state index in [-0.39, 0.29) is 31.5 Å². The van der Waals surface area contributed by atoms with Gasteiger partial charge in [0.15, 0.2) is 0 Å². The van der Waals surface area contributed by atoms with Gasteiger partial charge >= 0.3 is 13.8 Å². The van der Waals surface area contributed by atoms with E-state index < -0.39 is 20.0 Å². The van der Waals surface area contributed by atoms with Crippen molar-refractivity contribution in [3.63, 3.8) is 0 Å². The molecule has 0 aliphatic heterocycles. The maximum absolute atomic E-state index is 13.5. The van der Waals surface area contributed by atoms with Crippen molar-refractivity contribution in [2.45, 2.75) is 245 Å². The third-order valence-corrected chi connectivity index (χ3v) is 13.5. The Morgan fingerprint density at radius 1 is 0.500 bits per heavy atom. The number of esters is 1. The maximum Gasteiger partial charge on any atom is 0.472 e. The van der Waals surface area contributed by atoms with Crippen molar-refractivity contribution in [3.05, 3.63) is 109 Å². The van der Waals surface area contributed by atoms with E-state index in [0.717, 1.165) is 128 Å². The van der Waals surface area contributed by atoms with Crippen molar-refractivity contribution in [2.75, 3.05) is 40.9 Å². The van der Waals surface area contributed by atoms with Crippen molar-refractivity contribution in [1.29, 1.82) is 0 Å². The van der Waals surface area contributed by atoms with E-state index in [2.05, 4.69) is 117 Å². The van der Waals surface area contributed by atoms with E-state index in [1.807, 2.05) is 39.4 Å². The first kappa shape index (κ1) is 70.7. The smallest absolute Gasteiger partial charge is 0.456 e. The number of allylic oxidation sites excluding steroid dienone is 17. The molecular weight excluding hydrogens is 940 g/mol. The van der Waals surface area contributed by atoms with Crippen LogP contribution < -0.4 is 5.32 Å². The fraction of sp³-hybridized carbons (Fsp3) is 0.688. The number of quaternary nitrogens is 1. The summed E-state index contributed by atoms with van der Waals surface area (Å²) in [5.74, 6) is -0.549. The standard InChI is InChI=1S/C64H111N2O7P/c1-7-10-13-16-19-22-25-28-29-30-31-32-33-34-35-36-37-39-42-45-48-51-54-57-64(68)73-62(55-52-49-46-43-40-27-24-21-18-15-12-9-3)61(60-72-74(69,70)71-59-58-66(4,5)6)65-63(67)56-53-50-47-44-41-38-26-23-20-17-14-11-8-2/h10-11,13-14,17,19-20,22-23,26,28-29,31-32,34-35,52,55,61-62H,7-9,12,15-16,18,21,24-25,27,30,33,36-51,53-54,56-60H2,1-6H3,(H-,65,67,69,70)/p+1/b13-10-,14-11+,20-17+,22-19-,26-23-,29-28-,32-31-,35-34-,55-52-. The van der Waals surface area contributed by atoms with Gasteiger partial charge in [0.05, 0.1) is 33.8 Å². The number of nitrogens with zero attached hydrogens (tertiary/aromatic N) is 1. The average Bonchev–Trinajstić information content (AvgIpc) is 3.36. The number of nitrogens with one attached hydrogen (secondary N) is 1. The average molecular weight is 1050 g/mol. The second kappa shape index (κ2) is 53.1. The highest BCUT2D eigenvalue weighted by molar-refractivity contribution is 7.47. The van der Waals surface area contributed by atoms with Gasteiger partial charge in [0.2, 0.25) is 5.91 Å². The van der Waals surface area contributed by atoms with Gasteiger partial charge in [-0.1, -0.05) is 233 Å². The van der Waals surface area contributed by atoms with Gasteiger partial charge in [-0.2, -0.15) is 0 Å². The maximum atomic E-state index is 13.5. The van der Waals surface area contributed by atoms with E-state index in [0.29, 0.717) is 17.4 Å². The van der Waals surface area contributed by atoms with Gasteiger partial charge in [-0.05, 0) is 96.0 Å². The zero-order chi connectivity index (χ0) is 54.3.